The zero-order valence-electron chi connectivity index (χ0n) is 17.1. The molecule has 0 spiro atoms. The number of hydrogen-bond donors (Lipinski definition) is 0. The Morgan fingerprint density at radius 2 is 2.00 bits per heavy atom. The number of nitrogens with zero attached hydrogens (tertiary/aromatic N) is 7. The lowest BCUT2D eigenvalue weighted by Gasteiger charge is -2.35. The Balaban J connectivity index is 1.49. The largest absolute Gasteiger partial charge is 0.444 e. The van der Waals surface area contributed by atoms with Gasteiger partial charge in [0.2, 0.25) is 5.89 Å². The van der Waals surface area contributed by atoms with Crippen LogP contribution < -0.4 is 4.90 Å². The topological polar surface area (TPSA) is 96.7 Å². The first-order chi connectivity index (χ1) is 15.2. The third kappa shape index (κ3) is 3.55. The third-order valence-corrected chi connectivity index (χ3v) is 5.81. The molecule has 0 aliphatic carbocycles. The number of nitriles is 1. The van der Waals surface area contributed by atoms with Crippen LogP contribution in [0.4, 0.5) is 5.69 Å². The summed E-state index contributed by atoms with van der Waals surface area (Å²) in [6, 6.07) is 10.2. The molecule has 0 unspecified atom stereocenters. The molecule has 5 rings (SSSR count). The van der Waals surface area contributed by atoms with Gasteiger partial charge in [-0.15, -0.1) is 10.2 Å². The lowest BCUT2D eigenvalue weighted by molar-refractivity contribution is 0.474. The van der Waals surface area contributed by atoms with Crippen LogP contribution in [0, 0.1) is 11.3 Å². The molecular weight excluding hydrogens is 390 g/mol. The number of benzene rings is 1. The van der Waals surface area contributed by atoms with Crippen LogP contribution in [0.2, 0.25) is 0 Å². The molecule has 3 aromatic heterocycles. The molecule has 1 saturated heterocycles. The summed E-state index contributed by atoms with van der Waals surface area (Å²) in [5.41, 5.74) is 4.33. The predicted octanol–water partition coefficient (Wildman–Crippen LogP) is 3.79. The number of anilines is 1. The van der Waals surface area contributed by atoms with Gasteiger partial charge < -0.3 is 13.9 Å². The highest BCUT2D eigenvalue weighted by atomic mass is 16.3. The van der Waals surface area contributed by atoms with Gasteiger partial charge in [-0.2, -0.15) is 5.26 Å². The minimum absolute atomic E-state index is 0.372. The molecule has 0 amide bonds. The van der Waals surface area contributed by atoms with Crippen molar-refractivity contribution < 1.29 is 4.42 Å². The van der Waals surface area contributed by atoms with Crippen molar-refractivity contribution in [3.8, 4) is 28.7 Å². The van der Waals surface area contributed by atoms with Crippen molar-refractivity contribution in [2.45, 2.75) is 18.8 Å². The molecule has 1 aromatic carbocycles. The van der Waals surface area contributed by atoms with Gasteiger partial charge in [0.05, 0.1) is 23.0 Å². The molecule has 8 nitrogen and oxygen atoms in total. The van der Waals surface area contributed by atoms with Gasteiger partial charge in [0.1, 0.15) is 24.5 Å². The molecule has 0 N–H and O–H groups in total. The van der Waals surface area contributed by atoms with Gasteiger partial charge in [0.25, 0.3) is 0 Å². The molecule has 0 atom stereocenters. The Hall–Kier alpha value is -3.99. The second-order valence-corrected chi connectivity index (χ2v) is 7.67. The van der Waals surface area contributed by atoms with Crippen molar-refractivity contribution in [2.75, 3.05) is 18.0 Å². The number of rotatable bonds is 4. The Bertz CT molecular complexity index is 1230. The fourth-order valence-electron chi connectivity index (χ4n) is 4.30. The molecule has 1 fully saturated rings. The molecule has 0 saturated carbocycles. The minimum Gasteiger partial charge on any atom is -0.444 e. The number of para-hydroxylation sites is 1. The predicted molar refractivity (Wildman–Crippen MR) is 115 cm³/mol. The lowest BCUT2D eigenvalue weighted by atomic mass is 9.93. The highest BCUT2D eigenvalue weighted by Crippen LogP contribution is 2.38. The average molecular weight is 411 g/mol. The van der Waals surface area contributed by atoms with E-state index in [1.54, 1.807) is 25.0 Å². The van der Waals surface area contributed by atoms with Crippen LogP contribution in [0.25, 0.3) is 22.6 Å². The smallest absolute Gasteiger partial charge is 0.227 e. The number of hydrogen-bond acceptors (Lipinski definition) is 7. The normalized spacial score (nSPS) is 14.5. The van der Waals surface area contributed by atoms with Crippen molar-refractivity contribution in [2.24, 2.45) is 7.05 Å². The molecule has 0 radical (unpaired) electrons. The van der Waals surface area contributed by atoms with Gasteiger partial charge in [0, 0.05) is 49.6 Å². The monoisotopic (exact) mass is 411 g/mol. The van der Waals surface area contributed by atoms with Crippen LogP contribution in [-0.4, -0.2) is 37.8 Å². The van der Waals surface area contributed by atoms with E-state index in [9.17, 15) is 5.26 Å². The fraction of sp³-hybridized carbons (Fsp3) is 0.261. The van der Waals surface area contributed by atoms with Crippen molar-refractivity contribution in [3.63, 3.8) is 0 Å². The van der Waals surface area contributed by atoms with E-state index in [2.05, 4.69) is 31.1 Å². The third-order valence-electron chi connectivity index (χ3n) is 5.81. The Morgan fingerprint density at radius 1 is 1.16 bits per heavy atom. The van der Waals surface area contributed by atoms with Crippen LogP contribution in [-0.2, 0) is 7.05 Å². The maximum Gasteiger partial charge on any atom is 0.227 e. The highest BCUT2D eigenvalue weighted by Gasteiger charge is 2.27. The molecule has 0 bridgehead atoms. The zero-order chi connectivity index (χ0) is 21.2. The molecular formula is C23H21N7O. The van der Waals surface area contributed by atoms with E-state index in [1.807, 2.05) is 42.1 Å². The van der Waals surface area contributed by atoms with E-state index in [4.69, 9.17) is 4.42 Å². The van der Waals surface area contributed by atoms with E-state index in [0.717, 1.165) is 54.1 Å². The summed E-state index contributed by atoms with van der Waals surface area (Å²) in [5.74, 6) is 1.92. The van der Waals surface area contributed by atoms with E-state index in [0.29, 0.717) is 17.4 Å². The van der Waals surface area contributed by atoms with Crippen molar-refractivity contribution in [1.82, 2.24) is 24.7 Å². The molecule has 4 heterocycles. The molecule has 154 valence electrons. The Labute approximate surface area is 179 Å². The first-order valence-electron chi connectivity index (χ1n) is 10.2. The van der Waals surface area contributed by atoms with Gasteiger partial charge in [-0.3, -0.25) is 4.98 Å². The maximum atomic E-state index is 9.82. The van der Waals surface area contributed by atoms with E-state index in [1.165, 1.54) is 0 Å². The van der Waals surface area contributed by atoms with E-state index < -0.39 is 0 Å². The van der Waals surface area contributed by atoms with Crippen LogP contribution in [0.15, 0.2) is 59.9 Å². The summed E-state index contributed by atoms with van der Waals surface area (Å²) in [6.45, 7) is 1.69. The SMILES string of the molecule is Cn1cnnc1C1CCN(c2c(C#N)cccc2-c2cncc(-c3ncco3)c2)CC1. The fourth-order valence-corrected chi connectivity index (χ4v) is 4.30. The van der Waals surface area contributed by atoms with Crippen LogP contribution in [0.5, 0.6) is 0 Å². The maximum absolute atomic E-state index is 9.82. The summed E-state index contributed by atoms with van der Waals surface area (Å²) in [4.78, 5) is 10.9. The number of pyridine rings is 1. The van der Waals surface area contributed by atoms with Crippen LogP contribution >= 0.6 is 0 Å². The van der Waals surface area contributed by atoms with Gasteiger partial charge in [0.15, 0.2) is 0 Å². The highest BCUT2D eigenvalue weighted by molar-refractivity contribution is 5.84. The number of oxazole rings is 1. The van der Waals surface area contributed by atoms with Gasteiger partial charge in [-0.25, -0.2) is 4.98 Å². The molecule has 1 aliphatic heterocycles. The van der Waals surface area contributed by atoms with Gasteiger partial charge in [-0.05, 0) is 25.0 Å². The second kappa shape index (κ2) is 8.03. The number of piperidine rings is 1. The molecule has 4 aromatic rings. The van der Waals surface area contributed by atoms with E-state index >= 15 is 0 Å². The summed E-state index contributed by atoms with van der Waals surface area (Å²) < 4.78 is 7.43. The Morgan fingerprint density at radius 3 is 2.71 bits per heavy atom. The first kappa shape index (κ1) is 19.0. The summed E-state index contributed by atoms with van der Waals surface area (Å²) in [6.07, 6.45) is 10.4. The summed E-state index contributed by atoms with van der Waals surface area (Å²) >= 11 is 0. The van der Waals surface area contributed by atoms with Crippen molar-refractivity contribution in [3.05, 3.63) is 66.8 Å². The summed E-state index contributed by atoms with van der Waals surface area (Å²) in [5, 5.41) is 18.1. The second-order valence-electron chi connectivity index (χ2n) is 7.67. The van der Waals surface area contributed by atoms with Crippen LogP contribution in [0.3, 0.4) is 0 Å². The molecule has 8 heteroatoms. The minimum atomic E-state index is 0.372. The standard InChI is InChI=1S/C23H21N7O/c1-29-15-27-28-22(29)16-5-8-30(9-6-16)21-17(12-24)3-2-4-20(21)18-11-19(14-25-13-18)23-26-7-10-31-23/h2-4,7,10-11,13-16H,5-6,8-9H2,1H3. The average Bonchev–Trinajstić information content (AvgIpc) is 3.51. The zero-order valence-corrected chi connectivity index (χ0v) is 17.1. The van der Waals surface area contributed by atoms with Gasteiger partial charge >= 0.3 is 0 Å². The molecule has 31 heavy (non-hydrogen) atoms. The summed E-state index contributed by atoms with van der Waals surface area (Å²) in [7, 11) is 1.98. The van der Waals surface area contributed by atoms with Gasteiger partial charge in [-0.1, -0.05) is 12.1 Å². The number of aromatic nitrogens is 5. The quantitative estimate of drug-likeness (QED) is 0.504. The van der Waals surface area contributed by atoms with Crippen molar-refractivity contribution in [1.29, 1.82) is 5.26 Å². The lowest BCUT2D eigenvalue weighted by Crippen LogP contribution is -2.34. The van der Waals surface area contributed by atoms with Crippen LogP contribution in [0.1, 0.15) is 30.1 Å². The number of aryl methyl sites for hydroxylation is 1. The van der Waals surface area contributed by atoms with E-state index in [-0.39, 0.29) is 0 Å². The first-order valence-corrected chi connectivity index (χ1v) is 10.2. The molecule has 1 aliphatic rings. The van der Waals surface area contributed by atoms with Crippen molar-refractivity contribution >= 4 is 5.69 Å². The Kier molecular flexibility index (Phi) is 4.92.